The number of anilines is 1. The van der Waals surface area contributed by atoms with Crippen LogP contribution in [0.25, 0.3) is 0 Å². The number of sulfonamides is 1. The Morgan fingerprint density at radius 1 is 0.846 bits per heavy atom. The zero-order valence-corrected chi connectivity index (χ0v) is 29.3. The predicted molar refractivity (Wildman–Crippen MR) is 178 cm³/mol. The van der Waals surface area contributed by atoms with E-state index in [0.717, 1.165) is 47.1 Å². The molecule has 0 heterocycles. The maximum absolute atomic E-state index is 15.0. The fourth-order valence-corrected chi connectivity index (χ4v) is 7.12. The van der Waals surface area contributed by atoms with Gasteiger partial charge in [0.15, 0.2) is 28.2 Å². The topological polar surface area (TPSA) is 104 Å². The molecule has 1 amide bonds. The molecule has 1 N–H and O–H groups in total. The van der Waals surface area contributed by atoms with Crippen molar-refractivity contribution in [3.63, 3.8) is 0 Å². The molecule has 1 aliphatic rings. The third-order valence-electron chi connectivity index (χ3n) is 8.67. The van der Waals surface area contributed by atoms with E-state index in [9.17, 15) is 40.7 Å². The lowest BCUT2D eigenvalue weighted by Crippen LogP contribution is -2.43. The van der Waals surface area contributed by atoms with Gasteiger partial charge < -0.3 is 14.7 Å². The van der Waals surface area contributed by atoms with Crippen molar-refractivity contribution in [3.8, 4) is 5.75 Å². The summed E-state index contributed by atoms with van der Waals surface area (Å²) in [6.07, 6.45) is 1.89. The van der Waals surface area contributed by atoms with E-state index >= 15 is 8.78 Å². The molecule has 0 saturated heterocycles. The lowest BCUT2D eigenvalue weighted by Gasteiger charge is -2.30. The van der Waals surface area contributed by atoms with Gasteiger partial charge in [-0.05, 0) is 65.1 Å². The second-order valence-electron chi connectivity index (χ2n) is 13.4. The number of halogens is 6. The molecular weight excluding hydrogens is 714 g/mol. The van der Waals surface area contributed by atoms with Gasteiger partial charge in [0.2, 0.25) is 21.7 Å². The number of benzene rings is 4. The summed E-state index contributed by atoms with van der Waals surface area (Å²) in [6.45, 7) is 3.35. The Bertz CT molecular complexity index is 2140. The van der Waals surface area contributed by atoms with Crippen LogP contribution < -0.4 is 9.64 Å². The highest BCUT2D eigenvalue weighted by Crippen LogP contribution is 2.42. The van der Waals surface area contributed by atoms with E-state index < -0.39 is 74.8 Å². The normalized spacial score (nSPS) is 13.4. The molecule has 0 aromatic heterocycles. The molecule has 4 aromatic carbocycles. The van der Waals surface area contributed by atoms with Crippen LogP contribution in [0.4, 0.5) is 32.0 Å². The van der Waals surface area contributed by atoms with Crippen LogP contribution in [-0.4, -0.2) is 43.4 Å². The van der Waals surface area contributed by atoms with Crippen LogP contribution in [0.1, 0.15) is 72.1 Å². The summed E-state index contributed by atoms with van der Waals surface area (Å²) in [5, 5.41) is 9.58. The van der Waals surface area contributed by atoms with Gasteiger partial charge in [0.25, 0.3) is 0 Å². The van der Waals surface area contributed by atoms with Gasteiger partial charge in [-0.3, -0.25) is 4.79 Å². The molecular formula is C37H34F6N2O6S. The number of rotatable bonds is 12. The fourth-order valence-electron chi connectivity index (χ4n) is 5.64. The van der Waals surface area contributed by atoms with E-state index in [1.54, 1.807) is 0 Å². The Balaban J connectivity index is 1.67. The number of amides is 1. The molecule has 52 heavy (non-hydrogen) atoms. The van der Waals surface area contributed by atoms with Crippen LogP contribution in [0.2, 0.25) is 0 Å². The maximum Gasteiger partial charge on any atom is 0.335 e. The van der Waals surface area contributed by atoms with Gasteiger partial charge in [-0.15, -0.1) is 0 Å². The van der Waals surface area contributed by atoms with E-state index in [4.69, 9.17) is 4.74 Å². The van der Waals surface area contributed by atoms with Gasteiger partial charge >= 0.3 is 5.97 Å². The fraction of sp³-hybridized carbons (Fsp3) is 0.297. The number of ether oxygens (including phenoxy) is 1. The number of aromatic carboxylic acids is 1. The summed E-state index contributed by atoms with van der Waals surface area (Å²) >= 11 is 0. The Morgan fingerprint density at radius 3 is 2.02 bits per heavy atom. The Hall–Kier alpha value is -4.89. The number of hydrogen-bond donors (Lipinski definition) is 1. The summed E-state index contributed by atoms with van der Waals surface area (Å²) in [4.78, 5) is 25.0. The van der Waals surface area contributed by atoms with Gasteiger partial charge in [0.05, 0.1) is 31.5 Å². The highest BCUT2D eigenvalue weighted by atomic mass is 32.2. The summed E-state index contributed by atoms with van der Waals surface area (Å²) in [5.41, 5.74) is 1.52. The standard InChI is InChI=1S/C37H34F6N2O6S/c1-37(2,3)25-14-20(13-24(15-25)21-9-10-21)17-45(27-12-11-22(36(47)48)16-28(27)51-4)29(46)19-44(18-23-7-5-6-8-26(23)38)52(49,50)35-33(42)31(40)30(39)32(41)34(35)43/h5-8,11-16,21H,9-10,17-19H2,1-4H3,(H,47,48). The second kappa shape index (κ2) is 14.6. The van der Waals surface area contributed by atoms with E-state index in [0.29, 0.717) is 5.56 Å². The molecule has 0 bridgehead atoms. The molecule has 8 nitrogen and oxygen atoms in total. The number of carboxylic acid groups (broad SMARTS) is 1. The SMILES string of the molecule is COc1cc(C(=O)O)ccc1N(Cc1cc(C2CC2)cc(C(C)(C)C)c1)C(=O)CN(Cc1ccccc1F)S(=O)(=O)c1c(F)c(F)c(F)c(F)c1F. The van der Waals surface area contributed by atoms with Crippen molar-refractivity contribution in [1.29, 1.82) is 0 Å². The smallest absolute Gasteiger partial charge is 0.335 e. The molecule has 5 rings (SSSR count). The van der Waals surface area contributed by atoms with Crippen molar-refractivity contribution in [2.75, 3.05) is 18.6 Å². The van der Waals surface area contributed by atoms with Gasteiger partial charge in [-0.25, -0.2) is 39.6 Å². The first-order chi connectivity index (χ1) is 24.3. The van der Waals surface area contributed by atoms with Crippen LogP contribution in [0, 0.1) is 34.9 Å². The number of carboxylic acids is 1. The predicted octanol–water partition coefficient (Wildman–Crippen LogP) is 7.83. The number of methoxy groups -OCH3 is 1. The first-order valence-electron chi connectivity index (χ1n) is 16.0. The molecule has 0 radical (unpaired) electrons. The quantitative estimate of drug-likeness (QED) is 0.0901. The van der Waals surface area contributed by atoms with E-state index in [1.807, 2.05) is 32.9 Å². The van der Waals surface area contributed by atoms with Crippen molar-refractivity contribution in [3.05, 3.63) is 123 Å². The highest BCUT2D eigenvalue weighted by molar-refractivity contribution is 7.89. The van der Waals surface area contributed by atoms with E-state index in [1.165, 1.54) is 31.4 Å². The molecule has 0 unspecified atom stereocenters. The average molecular weight is 749 g/mol. The first-order valence-corrected chi connectivity index (χ1v) is 17.4. The minimum atomic E-state index is -5.78. The van der Waals surface area contributed by atoms with Crippen LogP contribution in [0.15, 0.2) is 65.6 Å². The minimum absolute atomic E-state index is 0.0360. The summed E-state index contributed by atoms with van der Waals surface area (Å²) in [5.74, 6) is -16.3. The van der Waals surface area contributed by atoms with Gasteiger partial charge in [0, 0.05) is 12.1 Å². The Kier molecular flexibility index (Phi) is 10.8. The lowest BCUT2D eigenvalue weighted by molar-refractivity contribution is -0.119. The number of carbonyl (C=O) groups is 2. The molecule has 0 atom stereocenters. The zero-order valence-electron chi connectivity index (χ0n) is 28.4. The van der Waals surface area contributed by atoms with E-state index in [2.05, 4.69) is 6.07 Å². The zero-order chi connectivity index (χ0) is 38.3. The average Bonchev–Trinajstić information content (AvgIpc) is 3.94. The van der Waals surface area contributed by atoms with Crippen molar-refractivity contribution < 1.29 is 54.2 Å². The van der Waals surface area contributed by atoms with Crippen molar-refractivity contribution in [2.24, 2.45) is 0 Å². The summed E-state index contributed by atoms with van der Waals surface area (Å²) < 4.78 is 121. The number of nitrogens with zero attached hydrogens (tertiary/aromatic N) is 2. The Labute approximate surface area is 296 Å². The third-order valence-corrected chi connectivity index (χ3v) is 10.5. The third kappa shape index (κ3) is 7.80. The number of hydrogen-bond acceptors (Lipinski definition) is 5. The molecule has 0 aliphatic heterocycles. The molecule has 1 saturated carbocycles. The molecule has 1 aliphatic carbocycles. The van der Waals surface area contributed by atoms with Crippen molar-refractivity contribution >= 4 is 27.6 Å². The van der Waals surface area contributed by atoms with E-state index in [-0.39, 0.29) is 44.7 Å². The molecule has 1 fully saturated rings. The van der Waals surface area contributed by atoms with Gasteiger partial charge in [0.1, 0.15) is 11.6 Å². The largest absolute Gasteiger partial charge is 0.495 e. The monoisotopic (exact) mass is 748 g/mol. The van der Waals surface area contributed by atoms with Crippen molar-refractivity contribution in [2.45, 2.75) is 62.9 Å². The summed E-state index contributed by atoms with van der Waals surface area (Å²) in [6, 6.07) is 13.9. The van der Waals surface area contributed by atoms with Crippen LogP contribution >= 0.6 is 0 Å². The first kappa shape index (κ1) is 38.3. The highest BCUT2D eigenvalue weighted by Gasteiger charge is 2.39. The molecule has 276 valence electrons. The van der Waals surface area contributed by atoms with Gasteiger partial charge in [-0.2, -0.15) is 4.31 Å². The number of carbonyl (C=O) groups excluding carboxylic acids is 1. The van der Waals surface area contributed by atoms with Crippen LogP contribution in [-0.2, 0) is 33.3 Å². The molecule has 0 spiro atoms. The minimum Gasteiger partial charge on any atom is -0.495 e. The summed E-state index contributed by atoms with van der Waals surface area (Å²) in [7, 11) is -4.57. The second-order valence-corrected chi connectivity index (χ2v) is 15.3. The molecule has 15 heteroatoms. The molecule has 4 aromatic rings. The van der Waals surface area contributed by atoms with Gasteiger partial charge in [-0.1, -0.05) is 57.2 Å². The van der Waals surface area contributed by atoms with Crippen molar-refractivity contribution in [1.82, 2.24) is 4.31 Å². The van der Waals surface area contributed by atoms with Crippen LogP contribution in [0.5, 0.6) is 5.75 Å². The lowest BCUT2D eigenvalue weighted by atomic mass is 9.84. The Morgan fingerprint density at radius 2 is 1.46 bits per heavy atom. The van der Waals surface area contributed by atoms with Crippen LogP contribution in [0.3, 0.4) is 0 Å². The maximum atomic E-state index is 15.0.